The summed E-state index contributed by atoms with van der Waals surface area (Å²) in [4.78, 5) is 15.2. The highest BCUT2D eigenvalue weighted by atomic mass is 17.1. The van der Waals surface area contributed by atoms with Gasteiger partial charge in [0.15, 0.2) is 24.8 Å². The second-order valence-corrected chi connectivity index (χ2v) is 5.85. The molecule has 0 saturated heterocycles. The van der Waals surface area contributed by atoms with Gasteiger partial charge < -0.3 is 19.5 Å². The Hall–Kier alpha value is -2.77. The van der Waals surface area contributed by atoms with Gasteiger partial charge in [0, 0.05) is 0 Å². The lowest BCUT2D eigenvalue weighted by Crippen LogP contribution is -2.30. The second kappa shape index (κ2) is 11.1. The second-order valence-electron chi connectivity index (χ2n) is 5.85. The first-order valence-electron chi connectivity index (χ1n) is 8.62. The maximum absolute atomic E-state index is 11.4. The monoisotopic (exact) mass is 375 g/mol. The van der Waals surface area contributed by atoms with Crippen molar-refractivity contribution in [3.8, 4) is 17.2 Å². The first-order valence-corrected chi connectivity index (χ1v) is 8.62. The van der Waals surface area contributed by atoms with Crippen molar-refractivity contribution >= 4 is 5.91 Å². The molecule has 2 aromatic carbocycles. The summed E-state index contributed by atoms with van der Waals surface area (Å²) in [5.41, 5.74) is 2.31. The number of rotatable bonds is 11. The van der Waals surface area contributed by atoms with Crippen molar-refractivity contribution in [1.29, 1.82) is 0 Å². The highest BCUT2D eigenvalue weighted by molar-refractivity contribution is 5.77. The molecule has 0 radical (unpaired) electrons. The molecule has 0 bridgehead atoms. The van der Waals surface area contributed by atoms with Crippen molar-refractivity contribution in [3.05, 3.63) is 53.6 Å². The minimum atomic E-state index is -0.372. The Morgan fingerprint density at radius 3 is 2.44 bits per heavy atom. The normalized spacial score (nSPS) is 10.3. The highest BCUT2D eigenvalue weighted by Crippen LogP contribution is 2.28. The van der Waals surface area contributed by atoms with Crippen LogP contribution in [0.3, 0.4) is 0 Å². The van der Waals surface area contributed by atoms with Crippen LogP contribution in [0, 0.1) is 0 Å². The average molecular weight is 375 g/mol. The van der Waals surface area contributed by atoms with Gasteiger partial charge in [-0.3, -0.25) is 4.79 Å². The summed E-state index contributed by atoms with van der Waals surface area (Å²) >= 11 is 0. The molecule has 0 spiro atoms. The molecule has 0 aromatic heterocycles. The minimum absolute atomic E-state index is 0.140. The third kappa shape index (κ3) is 6.80. The Kier molecular flexibility index (Phi) is 8.41. The van der Waals surface area contributed by atoms with E-state index in [1.807, 2.05) is 36.4 Å². The van der Waals surface area contributed by atoms with Crippen molar-refractivity contribution in [3.63, 3.8) is 0 Å². The van der Waals surface area contributed by atoms with E-state index in [0.717, 1.165) is 36.3 Å². The van der Waals surface area contributed by atoms with Crippen LogP contribution in [0.1, 0.15) is 17.5 Å². The van der Waals surface area contributed by atoms with Gasteiger partial charge >= 0.3 is 0 Å². The maximum Gasteiger partial charge on any atom is 0.259 e. The summed E-state index contributed by atoms with van der Waals surface area (Å²) in [5.74, 6) is 1.71. The van der Waals surface area contributed by atoms with E-state index in [4.69, 9.17) is 19.5 Å². The number of carbonyl (C=O) groups is 1. The van der Waals surface area contributed by atoms with Gasteiger partial charge in [-0.05, 0) is 54.7 Å². The van der Waals surface area contributed by atoms with E-state index in [1.54, 1.807) is 20.3 Å². The van der Waals surface area contributed by atoms with Crippen LogP contribution < -0.4 is 19.5 Å². The van der Waals surface area contributed by atoms with Crippen LogP contribution in [0.5, 0.6) is 17.2 Å². The van der Waals surface area contributed by atoms with Crippen LogP contribution in [0.2, 0.25) is 0 Å². The van der Waals surface area contributed by atoms with Gasteiger partial charge in [-0.25, -0.2) is 10.1 Å². The van der Waals surface area contributed by atoms with Crippen LogP contribution in [-0.2, 0) is 22.5 Å². The lowest BCUT2D eigenvalue weighted by Gasteiger charge is -2.10. The molecule has 0 aliphatic carbocycles. The molecular weight excluding hydrogens is 350 g/mol. The Balaban J connectivity index is 1.83. The third-order valence-corrected chi connectivity index (χ3v) is 3.98. The van der Waals surface area contributed by atoms with Gasteiger partial charge in [0.2, 0.25) is 0 Å². The summed E-state index contributed by atoms with van der Waals surface area (Å²) in [6.07, 6.45) is 2.76. The fraction of sp³-hybridized carbons (Fsp3) is 0.350. The summed E-state index contributed by atoms with van der Waals surface area (Å²) in [5, 5.41) is 10.5. The number of amides is 1. The number of methoxy groups -OCH3 is 2. The van der Waals surface area contributed by atoms with Crippen molar-refractivity contribution in [2.75, 3.05) is 27.6 Å². The zero-order chi connectivity index (χ0) is 19.5. The Morgan fingerprint density at radius 2 is 1.74 bits per heavy atom. The molecule has 0 aliphatic rings. The third-order valence-electron chi connectivity index (χ3n) is 3.98. The van der Waals surface area contributed by atoms with Gasteiger partial charge in [0.05, 0.1) is 14.2 Å². The van der Waals surface area contributed by atoms with E-state index in [0.29, 0.717) is 5.75 Å². The van der Waals surface area contributed by atoms with E-state index >= 15 is 0 Å². The molecule has 7 nitrogen and oxygen atoms in total. The standard InChI is InChI=1S/C20H25NO6/c1-24-18-10-9-16(12-19(18)25-2)6-3-5-15-7-4-8-17(11-15)26-13-20(22)21-14-27-23/h4,7-12,23H,3,5-6,13-14H2,1-2H3,(H,21,22). The Labute approximate surface area is 158 Å². The van der Waals surface area contributed by atoms with Crippen molar-refractivity contribution in [1.82, 2.24) is 5.32 Å². The minimum Gasteiger partial charge on any atom is -0.493 e. The number of hydrogen-bond acceptors (Lipinski definition) is 6. The fourth-order valence-electron chi connectivity index (χ4n) is 2.64. The number of nitrogens with one attached hydrogen (secondary N) is 1. The van der Waals surface area contributed by atoms with E-state index in [-0.39, 0.29) is 19.2 Å². The summed E-state index contributed by atoms with van der Waals surface area (Å²) < 4.78 is 16.0. The Morgan fingerprint density at radius 1 is 1.00 bits per heavy atom. The molecule has 2 rings (SSSR count). The summed E-state index contributed by atoms with van der Waals surface area (Å²) in [6.45, 7) is -0.406. The molecular formula is C20H25NO6. The van der Waals surface area contributed by atoms with E-state index in [2.05, 4.69) is 10.2 Å². The SMILES string of the molecule is COc1ccc(CCCc2cccc(OCC(=O)NCOO)c2)cc1OC. The lowest BCUT2D eigenvalue weighted by atomic mass is 10.0. The first kappa shape index (κ1) is 20.5. The number of hydrogen-bond donors (Lipinski definition) is 2. The van der Waals surface area contributed by atoms with E-state index in [1.165, 1.54) is 5.56 Å². The van der Waals surface area contributed by atoms with Gasteiger partial charge in [0.1, 0.15) is 5.75 Å². The van der Waals surface area contributed by atoms with Gasteiger partial charge in [0.25, 0.3) is 5.91 Å². The van der Waals surface area contributed by atoms with Gasteiger partial charge in [-0.2, -0.15) is 0 Å². The average Bonchev–Trinajstić information content (AvgIpc) is 2.70. The number of ether oxygens (including phenoxy) is 3. The zero-order valence-corrected chi connectivity index (χ0v) is 15.6. The molecule has 27 heavy (non-hydrogen) atoms. The molecule has 0 fully saturated rings. The Bertz CT molecular complexity index is 734. The number of aryl methyl sites for hydroxylation is 2. The smallest absolute Gasteiger partial charge is 0.259 e. The first-order chi connectivity index (χ1) is 13.2. The highest BCUT2D eigenvalue weighted by Gasteiger charge is 2.06. The van der Waals surface area contributed by atoms with Crippen molar-refractivity contribution in [2.24, 2.45) is 0 Å². The molecule has 146 valence electrons. The van der Waals surface area contributed by atoms with Crippen molar-refractivity contribution in [2.45, 2.75) is 19.3 Å². The van der Waals surface area contributed by atoms with Crippen molar-refractivity contribution < 1.29 is 29.1 Å². The maximum atomic E-state index is 11.4. The summed E-state index contributed by atoms with van der Waals surface area (Å²) in [7, 11) is 3.25. The lowest BCUT2D eigenvalue weighted by molar-refractivity contribution is -0.246. The predicted octanol–water partition coefficient (Wildman–Crippen LogP) is 2.82. The molecule has 0 atom stereocenters. The molecule has 0 heterocycles. The topological polar surface area (TPSA) is 86.3 Å². The van der Waals surface area contributed by atoms with Crippen LogP contribution in [0.4, 0.5) is 0 Å². The predicted molar refractivity (Wildman–Crippen MR) is 100 cm³/mol. The van der Waals surface area contributed by atoms with Crippen LogP contribution in [0.25, 0.3) is 0 Å². The largest absolute Gasteiger partial charge is 0.493 e. The fourth-order valence-corrected chi connectivity index (χ4v) is 2.64. The van der Waals surface area contributed by atoms with E-state index in [9.17, 15) is 4.79 Å². The molecule has 0 unspecified atom stereocenters. The molecule has 0 saturated carbocycles. The molecule has 2 N–H and O–H groups in total. The molecule has 2 aromatic rings. The molecule has 0 aliphatic heterocycles. The number of carbonyl (C=O) groups excluding carboxylic acids is 1. The molecule has 1 amide bonds. The van der Waals surface area contributed by atoms with Gasteiger partial charge in [-0.1, -0.05) is 18.2 Å². The van der Waals surface area contributed by atoms with Crippen LogP contribution in [0.15, 0.2) is 42.5 Å². The quantitative estimate of drug-likeness (QED) is 0.357. The van der Waals surface area contributed by atoms with Crippen LogP contribution in [-0.4, -0.2) is 38.7 Å². The molecule has 7 heteroatoms. The summed E-state index contributed by atoms with van der Waals surface area (Å²) in [6, 6.07) is 13.6. The van der Waals surface area contributed by atoms with Gasteiger partial charge in [-0.15, -0.1) is 0 Å². The van der Waals surface area contributed by atoms with E-state index < -0.39 is 0 Å². The zero-order valence-electron chi connectivity index (χ0n) is 15.6. The number of benzene rings is 2. The van der Waals surface area contributed by atoms with Crippen LogP contribution >= 0.6 is 0 Å².